The number of hydrogen-bond acceptors (Lipinski definition) is 5. The summed E-state index contributed by atoms with van der Waals surface area (Å²) in [7, 11) is 2.04. The van der Waals surface area contributed by atoms with Crippen molar-refractivity contribution in [1.29, 1.82) is 0 Å². The van der Waals surface area contributed by atoms with Crippen molar-refractivity contribution in [3.8, 4) is 11.4 Å². The fraction of sp³-hybridized carbons (Fsp3) is 0.381. The van der Waals surface area contributed by atoms with Crippen LogP contribution in [0.5, 0.6) is 0 Å². The smallest absolute Gasteiger partial charge is 0.244 e. The summed E-state index contributed by atoms with van der Waals surface area (Å²) in [5, 5.41) is 9.70. The average Bonchev–Trinajstić information content (AvgIpc) is 3.32. The number of fused-ring (bicyclic) bond motifs is 1. The van der Waals surface area contributed by atoms with Gasteiger partial charge < -0.3 is 9.84 Å². The molecule has 1 aliphatic carbocycles. The molecule has 0 bridgehead atoms. The highest BCUT2D eigenvalue weighted by Crippen LogP contribution is 2.33. The lowest BCUT2D eigenvalue weighted by atomic mass is 10.1. The minimum atomic E-state index is 0.0382. The molecule has 6 heteroatoms. The molecule has 0 radical (unpaired) electrons. The van der Waals surface area contributed by atoms with Gasteiger partial charge in [0.05, 0.1) is 6.04 Å². The summed E-state index contributed by atoms with van der Waals surface area (Å²) in [5.74, 6) is 1.65. The number of likely N-dealkylation sites (tertiary alicyclic amines) is 1. The molecule has 0 unspecified atom stereocenters. The summed E-state index contributed by atoms with van der Waals surface area (Å²) >= 11 is 0. The average molecular weight is 362 g/mol. The molecule has 2 aliphatic rings. The third-order valence-corrected chi connectivity index (χ3v) is 5.58. The van der Waals surface area contributed by atoms with E-state index in [9.17, 15) is 4.79 Å². The largest absolute Gasteiger partial charge is 0.352 e. The molecule has 1 saturated heterocycles. The van der Waals surface area contributed by atoms with Crippen LogP contribution in [0.25, 0.3) is 22.2 Å². The molecule has 2 fully saturated rings. The lowest BCUT2D eigenvalue weighted by molar-refractivity contribution is -0.122. The van der Waals surface area contributed by atoms with Crippen LogP contribution in [0.4, 0.5) is 0 Å². The highest BCUT2D eigenvalue weighted by molar-refractivity contribution is 5.86. The third kappa shape index (κ3) is 3.21. The molecule has 138 valence electrons. The van der Waals surface area contributed by atoms with Crippen molar-refractivity contribution in [1.82, 2.24) is 20.4 Å². The number of hydrogen-bond donors (Lipinski definition) is 1. The topological polar surface area (TPSA) is 71.3 Å². The first-order chi connectivity index (χ1) is 13.2. The van der Waals surface area contributed by atoms with Crippen molar-refractivity contribution >= 4 is 16.7 Å². The standard InChI is InChI=1S/C21H22N4O2/c1-25-12-17(22-20(26)14-7-8-14)11-18(25)21-23-19(24-27-21)16-9-6-13-4-2-3-5-15(13)10-16/h2-6,9-10,14,17-18H,7-8,11-12H2,1H3,(H,22,26)/t17-,18-/m0/s1. The van der Waals surface area contributed by atoms with Crippen molar-refractivity contribution in [2.75, 3.05) is 13.6 Å². The lowest BCUT2D eigenvalue weighted by Crippen LogP contribution is -2.37. The van der Waals surface area contributed by atoms with Crippen LogP contribution in [0.3, 0.4) is 0 Å². The third-order valence-electron chi connectivity index (χ3n) is 5.58. The van der Waals surface area contributed by atoms with Gasteiger partial charge in [0.2, 0.25) is 17.6 Å². The second kappa shape index (κ2) is 6.46. The van der Waals surface area contributed by atoms with Gasteiger partial charge >= 0.3 is 0 Å². The zero-order valence-corrected chi connectivity index (χ0v) is 15.3. The summed E-state index contributed by atoms with van der Waals surface area (Å²) < 4.78 is 5.58. The van der Waals surface area contributed by atoms with Gasteiger partial charge in [-0.3, -0.25) is 9.69 Å². The van der Waals surface area contributed by atoms with Gasteiger partial charge in [-0.25, -0.2) is 0 Å². The maximum absolute atomic E-state index is 12.0. The summed E-state index contributed by atoms with van der Waals surface area (Å²) in [6.07, 6.45) is 2.85. The van der Waals surface area contributed by atoms with Crippen molar-refractivity contribution in [2.24, 2.45) is 5.92 Å². The first-order valence-electron chi connectivity index (χ1n) is 9.51. The molecule has 1 aliphatic heterocycles. The second-order valence-corrected chi connectivity index (χ2v) is 7.69. The van der Waals surface area contributed by atoms with Crippen molar-refractivity contribution in [2.45, 2.75) is 31.3 Å². The van der Waals surface area contributed by atoms with Gasteiger partial charge in [0.25, 0.3) is 0 Å². The molecule has 0 spiro atoms. The Kier molecular flexibility index (Phi) is 3.93. The van der Waals surface area contributed by atoms with E-state index in [4.69, 9.17) is 4.52 Å². The summed E-state index contributed by atoms with van der Waals surface area (Å²) in [6, 6.07) is 14.6. The maximum atomic E-state index is 12.0. The number of nitrogens with zero attached hydrogens (tertiary/aromatic N) is 3. The zero-order chi connectivity index (χ0) is 18.4. The molecule has 2 heterocycles. The molecule has 1 N–H and O–H groups in total. The lowest BCUT2D eigenvalue weighted by Gasteiger charge is -2.14. The Morgan fingerprint density at radius 1 is 1.19 bits per heavy atom. The Hall–Kier alpha value is -2.73. The monoisotopic (exact) mass is 362 g/mol. The molecular formula is C21H22N4O2. The fourth-order valence-electron chi connectivity index (χ4n) is 3.87. The fourth-order valence-corrected chi connectivity index (χ4v) is 3.87. The van der Waals surface area contributed by atoms with E-state index in [1.54, 1.807) is 0 Å². The Balaban J connectivity index is 1.34. The molecule has 1 saturated carbocycles. The Morgan fingerprint density at radius 3 is 2.81 bits per heavy atom. The molecule has 1 aromatic heterocycles. The minimum Gasteiger partial charge on any atom is -0.352 e. The number of rotatable bonds is 4. The van der Waals surface area contributed by atoms with Crippen LogP contribution in [0.2, 0.25) is 0 Å². The van der Waals surface area contributed by atoms with Gasteiger partial charge in [0.15, 0.2) is 0 Å². The molecular weight excluding hydrogens is 340 g/mol. The molecule has 2 aromatic carbocycles. The second-order valence-electron chi connectivity index (χ2n) is 7.69. The normalized spacial score (nSPS) is 23.0. The zero-order valence-electron chi connectivity index (χ0n) is 15.3. The van der Waals surface area contributed by atoms with Crippen LogP contribution in [0.15, 0.2) is 47.0 Å². The number of aromatic nitrogens is 2. The van der Waals surface area contributed by atoms with E-state index < -0.39 is 0 Å². The minimum absolute atomic E-state index is 0.0382. The van der Waals surface area contributed by atoms with Crippen LogP contribution in [0, 0.1) is 5.92 Å². The van der Waals surface area contributed by atoms with Crippen molar-refractivity contribution in [3.63, 3.8) is 0 Å². The Labute approximate surface area is 157 Å². The number of carbonyl (C=O) groups is 1. The Bertz CT molecular complexity index is 995. The van der Waals surface area contributed by atoms with Gasteiger partial charge in [-0.2, -0.15) is 4.98 Å². The van der Waals surface area contributed by atoms with E-state index in [0.717, 1.165) is 36.8 Å². The highest BCUT2D eigenvalue weighted by Gasteiger charge is 2.37. The summed E-state index contributed by atoms with van der Waals surface area (Å²) in [4.78, 5) is 18.9. The number of benzene rings is 2. The van der Waals surface area contributed by atoms with Crippen molar-refractivity contribution < 1.29 is 9.32 Å². The summed E-state index contributed by atoms with van der Waals surface area (Å²) in [6.45, 7) is 0.802. The highest BCUT2D eigenvalue weighted by atomic mass is 16.5. The first kappa shape index (κ1) is 16.4. The number of amides is 1. The number of carbonyl (C=O) groups excluding carboxylic acids is 1. The maximum Gasteiger partial charge on any atom is 0.244 e. The predicted molar refractivity (Wildman–Crippen MR) is 102 cm³/mol. The van der Waals surface area contributed by atoms with Gasteiger partial charge in [0.1, 0.15) is 0 Å². The van der Waals surface area contributed by atoms with E-state index in [2.05, 4.69) is 44.6 Å². The van der Waals surface area contributed by atoms with Crippen LogP contribution in [0.1, 0.15) is 31.2 Å². The quantitative estimate of drug-likeness (QED) is 0.772. The van der Waals surface area contributed by atoms with Crippen LogP contribution in [-0.4, -0.2) is 40.6 Å². The number of likely N-dealkylation sites (N-methyl/N-ethyl adjacent to an activating group) is 1. The van der Waals surface area contributed by atoms with Gasteiger partial charge in [0, 0.05) is 24.1 Å². The molecule has 2 atom stereocenters. The van der Waals surface area contributed by atoms with E-state index in [-0.39, 0.29) is 23.9 Å². The van der Waals surface area contributed by atoms with E-state index in [1.165, 1.54) is 5.39 Å². The molecule has 6 nitrogen and oxygen atoms in total. The van der Waals surface area contributed by atoms with Crippen LogP contribution >= 0.6 is 0 Å². The first-order valence-corrected chi connectivity index (χ1v) is 9.51. The van der Waals surface area contributed by atoms with Crippen LogP contribution < -0.4 is 5.32 Å². The SMILES string of the molecule is CN1C[C@@H](NC(=O)C2CC2)C[C@H]1c1nc(-c2ccc3ccccc3c2)no1. The molecule has 5 rings (SSSR count). The van der Waals surface area contributed by atoms with E-state index >= 15 is 0 Å². The van der Waals surface area contributed by atoms with Crippen LogP contribution in [-0.2, 0) is 4.79 Å². The molecule has 3 aromatic rings. The van der Waals surface area contributed by atoms with E-state index in [1.807, 2.05) is 25.2 Å². The van der Waals surface area contributed by atoms with Crippen molar-refractivity contribution in [3.05, 3.63) is 48.4 Å². The molecule has 1 amide bonds. The number of nitrogens with one attached hydrogen (secondary N) is 1. The van der Waals surface area contributed by atoms with Gasteiger partial charge in [-0.05, 0) is 43.1 Å². The summed E-state index contributed by atoms with van der Waals surface area (Å²) in [5.41, 5.74) is 0.947. The van der Waals surface area contributed by atoms with Gasteiger partial charge in [-0.1, -0.05) is 41.6 Å². The van der Waals surface area contributed by atoms with E-state index in [0.29, 0.717) is 11.7 Å². The molecule has 27 heavy (non-hydrogen) atoms. The predicted octanol–water partition coefficient (Wildman–Crippen LogP) is 3.16. The van der Waals surface area contributed by atoms with Gasteiger partial charge in [-0.15, -0.1) is 0 Å². The Morgan fingerprint density at radius 2 is 2.00 bits per heavy atom.